The number of halogens is 1. The van der Waals surface area contributed by atoms with E-state index in [0.717, 1.165) is 19.5 Å². The van der Waals surface area contributed by atoms with Gasteiger partial charge < -0.3 is 5.32 Å². The van der Waals surface area contributed by atoms with Gasteiger partial charge in [-0.1, -0.05) is 6.92 Å². The first-order valence-electron chi connectivity index (χ1n) is 2.66. The van der Waals surface area contributed by atoms with Crippen LogP contribution in [0.15, 0.2) is 0 Å². The van der Waals surface area contributed by atoms with Crippen LogP contribution in [0.25, 0.3) is 0 Å². The summed E-state index contributed by atoms with van der Waals surface area (Å²) in [6.07, 6.45) is 1.08. The Bertz CT molecular complexity index is 63.0. The molecule has 1 heterocycles. The second-order valence-corrected chi connectivity index (χ2v) is 2.91. The second-order valence-electron chi connectivity index (χ2n) is 2.11. The molecule has 0 aromatic rings. The first-order valence-corrected chi connectivity index (χ1v) is 3.04. The lowest BCUT2D eigenvalue weighted by Crippen LogP contribution is -2.54. The van der Waals surface area contributed by atoms with Crippen molar-refractivity contribution in [1.82, 2.24) is 5.32 Å². The summed E-state index contributed by atoms with van der Waals surface area (Å²) in [5, 5.41) is 3.12. The molecule has 1 saturated heterocycles. The van der Waals surface area contributed by atoms with Gasteiger partial charge in [0, 0.05) is 13.1 Å². The minimum Gasteiger partial charge on any atom is -0.313 e. The average Bonchev–Trinajstić information content (AvgIpc) is 1.61. The summed E-state index contributed by atoms with van der Waals surface area (Å²) in [7, 11) is 0. The molecule has 0 spiro atoms. The molecule has 1 nitrogen and oxygen atoms in total. The predicted molar refractivity (Wildman–Crippen MR) is 31.7 cm³/mol. The van der Waals surface area contributed by atoms with Crippen molar-refractivity contribution in [1.29, 1.82) is 0 Å². The molecule has 0 aromatic heterocycles. The molecule has 42 valence electrons. The van der Waals surface area contributed by atoms with E-state index in [1.807, 2.05) is 0 Å². The van der Waals surface area contributed by atoms with E-state index >= 15 is 0 Å². The van der Waals surface area contributed by atoms with Crippen molar-refractivity contribution in [2.45, 2.75) is 18.2 Å². The highest BCUT2D eigenvalue weighted by Crippen LogP contribution is 2.22. The summed E-state index contributed by atoms with van der Waals surface area (Å²) in [6.45, 7) is 4.10. The summed E-state index contributed by atoms with van der Waals surface area (Å²) in [5.74, 6) is 0. The number of hydrogen-bond donors (Lipinski definition) is 1. The van der Waals surface area contributed by atoms with E-state index in [9.17, 15) is 0 Å². The Morgan fingerprint density at radius 1 is 1.71 bits per heavy atom. The Hall–Kier alpha value is 0.250. The summed E-state index contributed by atoms with van der Waals surface area (Å²) >= 11 is 5.93. The number of nitrogens with one attached hydrogen (secondary N) is 1. The van der Waals surface area contributed by atoms with Crippen molar-refractivity contribution in [2.75, 3.05) is 13.1 Å². The van der Waals surface area contributed by atoms with Crippen LogP contribution in [0.3, 0.4) is 0 Å². The van der Waals surface area contributed by atoms with Gasteiger partial charge in [0.25, 0.3) is 0 Å². The zero-order chi connectivity index (χ0) is 5.33. The summed E-state index contributed by atoms with van der Waals surface area (Å²) in [6, 6.07) is 0. The first kappa shape index (κ1) is 5.39. The third-order valence-electron chi connectivity index (χ3n) is 1.52. The molecule has 2 heteroatoms. The first-order chi connectivity index (χ1) is 3.27. The minimum atomic E-state index is 0.125. The average molecular weight is 120 g/mol. The molecule has 1 aliphatic rings. The zero-order valence-corrected chi connectivity index (χ0v) is 5.26. The molecule has 0 amide bonds. The van der Waals surface area contributed by atoms with Gasteiger partial charge in [-0.3, -0.25) is 0 Å². The maximum absolute atomic E-state index is 5.93. The van der Waals surface area contributed by atoms with E-state index in [1.165, 1.54) is 0 Å². The van der Waals surface area contributed by atoms with Crippen molar-refractivity contribution >= 4 is 11.6 Å². The number of hydrogen-bond acceptors (Lipinski definition) is 1. The lowest BCUT2D eigenvalue weighted by molar-refractivity contribution is 0.373. The molecule has 1 aliphatic heterocycles. The van der Waals surface area contributed by atoms with Crippen LogP contribution in [0.5, 0.6) is 0 Å². The fourth-order valence-corrected chi connectivity index (χ4v) is 0.835. The van der Waals surface area contributed by atoms with E-state index in [-0.39, 0.29) is 4.87 Å². The van der Waals surface area contributed by atoms with Gasteiger partial charge in [-0.2, -0.15) is 0 Å². The van der Waals surface area contributed by atoms with Crippen LogP contribution >= 0.6 is 11.6 Å². The van der Waals surface area contributed by atoms with Crippen LogP contribution < -0.4 is 5.32 Å². The maximum atomic E-state index is 5.93. The van der Waals surface area contributed by atoms with Gasteiger partial charge in [-0.25, -0.2) is 0 Å². The fraction of sp³-hybridized carbons (Fsp3) is 1.00. The molecule has 1 rings (SSSR count). The molecule has 0 radical (unpaired) electrons. The maximum Gasteiger partial charge on any atom is 0.0692 e. The van der Waals surface area contributed by atoms with Gasteiger partial charge >= 0.3 is 0 Å². The monoisotopic (exact) mass is 119 g/mol. The second kappa shape index (κ2) is 1.64. The van der Waals surface area contributed by atoms with Crippen LogP contribution in [0, 0.1) is 0 Å². The van der Waals surface area contributed by atoms with E-state index in [1.54, 1.807) is 0 Å². The van der Waals surface area contributed by atoms with E-state index in [2.05, 4.69) is 12.2 Å². The van der Waals surface area contributed by atoms with Crippen LogP contribution in [-0.4, -0.2) is 18.0 Å². The Labute approximate surface area is 49.0 Å². The largest absolute Gasteiger partial charge is 0.313 e. The van der Waals surface area contributed by atoms with Gasteiger partial charge in [0.15, 0.2) is 0 Å². The van der Waals surface area contributed by atoms with Gasteiger partial charge in [0.1, 0.15) is 0 Å². The SMILES string of the molecule is CCC1(Cl)CNC1. The number of alkyl halides is 1. The highest BCUT2D eigenvalue weighted by molar-refractivity contribution is 6.24. The highest BCUT2D eigenvalue weighted by Gasteiger charge is 2.31. The molecule has 1 N–H and O–H groups in total. The van der Waals surface area contributed by atoms with Gasteiger partial charge in [-0.05, 0) is 6.42 Å². The van der Waals surface area contributed by atoms with Crippen molar-refractivity contribution in [3.63, 3.8) is 0 Å². The Kier molecular flexibility index (Phi) is 1.26. The van der Waals surface area contributed by atoms with Crippen molar-refractivity contribution in [3.8, 4) is 0 Å². The number of rotatable bonds is 1. The minimum absolute atomic E-state index is 0.125. The van der Waals surface area contributed by atoms with E-state index in [4.69, 9.17) is 11.6 Å². The van der Waals surface area contributed by atoms with Crippen molar-refractivity contribution in [3.05, 3.63) is 0 Å². The summed E-state index contributed by atoms with van der Waals surface area (Å²) < 4.78 is 0. The van der Waals surface area contributed by atoms with Crippen LogP contribution in [0.1, 0.15) is 13.3 Å². The molecule has 0 atom stereocenters. The van der Waals surface area contributed by atoms with Crippen molar-refractivity contribution in [2.24, 2.45) is 0 Å². The standard InChI is InChI=1S/C5H10ClN/c1-2-5(6)3-7-4-5/h7H,2-4H2,1H3. The molecule has 0 aliphatic carbocycles. The molecular weight excluding hydrogens is 110 g/mol. The zero-order valence-electron chi connectivity index (χ0n) is 4.50. The molecule has 7 heavy (non-hydrogen) atoms. The third kappa shape index (κ3) is 0.892. The topological polar surface area (TPSA) is 12.0 Å². The summed E-state index contributed by atoms with van der Waals surface area (Å²) in [5.41, 5.74) is 0. The van der Waals surface area contributed by atoms with Gasteiger partial charge in [0.05, 0.1) is 4.87 Å². The van der Waals surface area contributed by atoms with Crippen LogP contribution in [-0.2, 0) is 0 Å². The Morgan fingerprint density at radius 2 is 2.29 bits per heavy atom. The molecular formula is C5H10ClN. The van der Waals surface area contributed by atoms with Crippen LogP contribution in [0.4, 0.5) is 0 Å². The summed E-state index contributed by atoms with van der Waals surface area (Å²) in [4.78, 5) is 0.125. The lowest BCUT2D eigenvalue weighted by atomic mass is 10.00. The predicted octanol–water partition coefficient (Wildman–Crippen LogP) is 0.977. The van der Waals surface area contributed by atoms with E-state index < -0.39 is 0 Å². The molecule has 0 unspecified atom stereocenters. The van der Waals surface area contributed by atoms with Crippen molar-refractivity contribution < 1.29 is 0 Å². The molecule has 1 fully saturated rings. The lowest BCUT2D eigenvalue weighted by Gasteiger charge is -2.35. The smallest absolute Gasteiger partial charge is 0.0692 e. The molecule has 0 aromatic carbocycles. The quantitative estimate of drug-likeness (QED) is 0.508. The van der Waals surface area contributed by atoms with Crippen LogP contribution in [0.2, 0.25) is 0 Å². The van der Waals surface area contributed by atoms with Gasteiger partial charge in [0.2, 0.25) is 0 Å². The highest BCUT2D eigenvalue weighted by atomic mass is 35.5. The van der Waals surface area contributed by atoms with E-state index in [0.29, 0.717) is 0 Å². The van der Waals surface area contributed by atoms with Gasteiger partial charge in [-0.15, -0.1) is 11.6 Å². The fourth-order valence-electron chi connectivity index (χ4n) is 0.646. The normalized spacial score (nSPS) is 26.6. The Morgan fingerprint density at radius 3 is 2.29 bits per heavy atom. The molecule has 0 saturated carbocycles. The molecule has 0 bridgehead atoms. The third-order valence-corrected chi connectivity index (χ3v) is 2.05. The Balaban J connectivity index is 2.29.